The summed E-state index contributed by atoms with van der Waals surface area (Å²) in [5, 5.41) is 20.5. The third-order valence-electron chi connectivity index (χ3n) is 6.79. The number of aromatic carboxylic acids is 1. The molecule has 0 saturated heterocycles. The smallest absolute Gasteiger partial charge is 0.336 e. The highest BCUT2D eigenvalue weighted by atomic mass is 32.2. The Morgan fingerprint density at radius 2 is 1.44 bits per heavy atom. The fraction of sp³-hybridized carbons (Fsp3) is 0.667. The molecule has 4 heteroatoms. The summed E-state index contributed by atoms with van der Waals surface area (Å²) in [6.07, 6.45) is 1.72. The normalized spacial score (nSPS) is 17.6. The molecule has 2 unspecified atom stereocenters. The number of hydrogen-bond acceptors (Lipinski definition) is 3. The van der Waals surface area contributed by atoms with E-state index in [1.807, 2.05) is 26.0 Å². The Bertz CT molecular complexity index is 618. The zero-order valence-electron chi connectivity index (χ0n) is 16.9. The van der Waals surface area contributed by atoms with Crippen molar-refractivity contribution in [2.75, 3.05) is 0 Å². The molecule has 0 heterocycles. The van der Waals surface area contributed by atoms with Crippen molar-refractivity contribution in [2.45, 2.75) is 83.5 Å². The third kappa shape index (κ3) is 3.75. The molecule has 0 bridgehead atoms. The van der Waals surface area contributed by atoms with Crippen molar-refractivity contribution < 1.29 is 15.0 Å². The summed E-state index contributed by atoms with van der Waals surface area (Å²) in [6.45, 7) is 16.8. The van der Waals surface area contributed by atoms with Crippen molar-refractivity contribution in [3.63, 3.8) is 0 Å². The average molecular weight is 367 g/mol. The van der Waals surface area contributed by atoms with E-state index in [9.17, 15) is 15.0 Å². The van der Waals surface area contributed by atoms with Crippen LogP contribution in [0.5, 0.6) is 0 Å². The molecule has 0 aromatic heterocycles. The fourth-order valence-electron chi connectivity index (χ4n) is 4.10. The minimum atomic E-state index is -0.905. The maximum absolute atomic E-state index is 11.6. The maximum Gasteiger partial charge on any atom is 0.336 e. The molecule has 1 aromatic carbocycles. The summed E-state index contributed by atoms with van der Waals surface area (Å²) in [4.78, 5) is 12.4. The average Bonchev–Trinajstić information content (AvgIpc) is 2.51. The number of hydrogen-bond donors (Lipinski definition) is 2. The second-order valence-corrected chi connectivity index (χ2v) is 10.0. The van der Waals surface area contributed by atoms with Gasteiger partial charge in [-0.1, -0.05) is 39.8 Å². The van der Waals surface area contributed by atoms with Crippen LogP contribution in [0.4, 0.5) is 0 Å². The van der Waals surface area contributed by atoms with Crippen molar-refractivity contribution in [3.05, 3.63) is 29.8 Å². The topological polar surface area (TPSA) is 57.5 Å². The molecule has 2 atom stereocenters. The number of thioether (sulfide) groups is 1. The first-order chi connectivity index (χ1) is 11.3. The van der Waals surface area contributed by atoms with Gasteiger partial charge < -0.3 is 10.2 Å². The van der Waals surface area contributed by atoms with Gasteiger partial charge in [-0.15, -0.1) is 11.8 Å². The van der Waals surface area contributed by atoms with E-state index in [4.69, 9.17) is 0 Å². The van der Waals surface area contributed by atoms with Gasteiger partial charge in [0.15, 0.2) is 0 Å². The van der Waals surface area contributed by atoms with Crippen LogP contribution in [0.1, 0.15) is 78.6 Å². The molecule has 0 saturated carbocycles. The zero-order valence-corrected chi connectivity index (χ0v) is 17.8. The minimum Gasteiger partial charge on any atom is -0.478 e. The van der Waals surface area contributed by atoms with Gasteiger partial charge in [-0.25, -0.2) is 4.79 Å². The lowest BCUT2D eigenvalue weighted by molar-refractivity contribution is -0.134. The highest BCUT2D eigenvalue weighted by Crippen LogP contribution is 2.61. The molecule has 0 radical (unpaired) electrons. The molecule has 0 aliphatic heterocycles. The second-order valence-electron chi connectivity index (χ2n) is 8.34. The highest BCUT2D eigenvalue weighted by Gasteiger charge is 2.58. The van der Waals surface area contributed by atoms with Crippen molar-refractivity contribution >= 4 is 17.7 Å². The standard InChI is InChI=1S/C21H34O3S/c1-9-20(7,18(3,4)24)21(8,10-2)19(5,6)25-16-14-12-11-13-15(16)17(22)23/h11-14,24H,9-10H2,1-8H3,(H,22,23). The Morgan fingerprint density at radius 1 is 0.960 bits per heavy atom. The van der Waals surface area contributed by atoms with Crippen LogP contribution in [0, 0.1) is 10.8 Å². The zero-order chi connectivity index (χ0) is 19.7. The summed E-state index contributed by atoms with van der Waals surface area (Å²) in [7, 11) is 0. The molecule has 0 fully saturated rings. The van der Waals surface area contributed by atoms with Gasteiger partial charge in [-0.3, -0.25) is 0 Å². The van der Waals surface area contributed by atoms with Gasteiger partial charge in [0.1, 0.15) is 0 Å². The van der Waals surface area contributed by atoms with Crippen LogP contribution in [0.2, 0.25) is 0 Å². The minimum absolute atomic E-state index is 0.219. The van der Waals surface area contributed by atoms with Crippen molar-refractivity contribution in [1.29, 1.82) is 0 Å². The number of carbonyl (C=O) groups is 1. The van der Waals surface area contributed by atoms with Gasteiger partial charge in [-0.2, -0.15) is 0 Å². The molecular formula is C21H34O3S. The Balaban J connectivity index is 3.45. The van der Waals surface area contributed by atoms with Crippen molar-refractivity contribution in [3.8, 4) is 0 Å². The summed E-state index contributed by atoms with van der Waals surface area (Å²) in [5.41, 5.74) is -1.07. The molecule has 0 amide bonds. The highest BCUT2D eigenvalue weighted by molar-refractivity contribution is 8.00. The van der Waals surface area contributed by atoms with Crippen LogP contribution >= 0.6 is 11.8 Å². The van der Waals surface area contributed by atoms with Crippen molar-refractivity contribution in [1.82, 2.24) is 0 Å². The van der Waals surface area contributed by atoms with Crippen LogP contribution < -0.4 is 0 Å². The van der Waals surface area contributed by atoms with Crippen LogP contribution in [0.15, 0.2) is 29.2 Å². The van der Waals surface area contributed by atoms with E-state index in [-0.39, 0.29) is 15.6 Å². The van der Waals surface area contributed by atoms with E-state index >= 15 is 0 Å². The van der Waals surface area contributed by atoms with E-state index in [1.165, 1.54) is 0 Å². The van der Waals surface area contributed by atoms with E-state index in [0.717, 1.165) is 17.7 Å². The number of aliphatic hydroxyl groups is 1. The number of benzene rings is 1. The van der Waals surface area contributed by atoms with Crippen LogP contribution in [0.3, 0.4) is 0 Å². The largest absolute Gasteiger partial charge is 0.478 e. The second kappa shape index (κ2) is 7.32. The van der Waals surface area contributed by atoms with Crippen molar-refractivity contribution in [2.24, 2.45) is 10.8 Å². The van der Waals surface area contributed by atoms with E-state index in [2.05, 4.69) is 41.5 Å². The molecule has 1 aromatic rings. The van der Waals surface area contributed by atoms with Crippen LogP contribution in [0.25, 0.3) is 0 Å². The molecule has 0 spiro atoms. The van der Waals surface area contributed by atoms with Gasteiger partial charge in [0, 0.05) is 15.1 Å². The first kappa shape index (κ1) is 22.0. The van der Waals surface area contributed by atoms with Gasteiger partial charge in [0.2, 0.25) is 0 Å². The molecule has 2 N–H and O–H groups in total. The van der Waals surface area contributed by atoms with Gasteiger partial charge in [0.25, 0.3) is 0 Å². The summed E-state index contributed by atoms with van der Waals surface area (Å²) in [5.74, 6) is -0.905. The first-order valence-electron chi connectivity index (χ1n) is 9.01. The number of carboxylic acid groups (broad SMARTS) is 1. The van der Waals surface area contributed by atoms with Gasteiger partial charge >= 0.3 is 5.97 Å². The predicted molar refractivity (Wildman–Crippen MR) is 106 cm³/mol. The Hall–Kier alpha value is -1.00. The monoisotopic (exact) mass is 366 g/mol. The molecule has 25 heavy (non-hydrogen) atoms. The molecule has 3 nitrogen and oxygen atoms in total. The van der Waals surface area contributed by atoms with E-state index < -0.39 is 11.6 Å². The lowest BCUT2D eigenvalue weighted by atomic mass is 9.51. The summed E-state index contributed by atoms with van der Waals surface area (Å²) >= 11 is 1.60. The summed E-state index contributed by atoms with van der Waals surface area (Å²) < 4.78 is -0.280. The van der Waals surface area contributed by atoms with Crippen LogP contribution in [-0.4, -0.2) is 26.5 Å². The Morgan fingerprint density at radius 3 is 1.84 bits per heavy atom. The molecule has 142 valence electrons. The maximum atomic E-state index is 11.6. The Kier molecular flexibility index (Phi) is 6.45. The number of rotatable bonds is 8. The van der Waals surface area contributed by atoms with Gasteiger partial charge in [0.05, 0.1) is 11.2 Å². The SMILES string of the molecule is CCC(C)(C(C)(C)O)C(C)(CC)C(C)(C)Sc1ccccc1C(=O)O. The first-order valence-corrected chi connectivity index (χ1v) is 9.82. The Labute approximate surface area is 157 Å². The molecule has 0 aliphatic rings. The fourth-order valence-corrected chi connectivity index (χ4v) is 5.65. The number of carboxylic acids is 1. The predicted octanol–water partition coefficient (Wildman–Crippen LogP) is 5.86. The quantitative estimate of drug-likeness (QED) is 0.566. The van der Waals surface area contributed by atoms with E-state index in [1.54, 1.807) is 23.9 Å². The lowest BCUT2D eigenvalue weighted by Gasteiger charge is -2.59. The summed E-state index contributed by atoms with van der Waals surface area (Å²) in [6, 6.07) is 7.16. The molecular weight excluding hydrogens is 332 g/mol. The van der Waals surface area contributed by atoms with Crippen LogP contribution in [-0.2, 0) is 0 Å². The van der Waals surface area contributed by atoms with Gasteiger partial charge in [-0.05, 0) is 58.1 Å². The lowest BCUT2D eigenvalue weighted by Crippen LogP contribution is -2.59. The molecule has 1 rings (SSSR count). The molecule has 0 aliphatic carbocycles. The van der Waals surface area contributed by atoms with E-state index in [0.29, 0.717) is 5.56 Å². The third-order valence-corrected chi connectivity index (χ3v) is 8.33.